The predicted molar refractivity (Wildman–Crippen MR) is 74.1 cm³/mol. The van der Waals surface area contributed by atoms with Gasteiger partial charge < -0.3 is 4.74 Å². The van der Waals surface area contributed by atoms with Crippen LogP contribution in [0.4, 0.5) is 0 Å². The van der Waals surface area contributed by atoms with Gasteiger partial charge in [0.1, 0.15) is 11.8 Å². The highest BCUT2D eigenvalue weighted by Gasteiger charge is 2.04. The molecule has 0 fully saturated rings. The van der Waals surface area contributed by atoms with E-state index in [1.165, 1.54) is 18.4 Å². The van der Waals surface area contributed by atoms with E-state index in [1.54, 1.807) is 18.5 Å². The Balaban J connectivity index is 2.09. The molecule has 0 spiro atoms. The first-order valence-corrected chi connectivity index (χ1v) is 6.44. The molecule has 0 aliphatic rings. The van der Waals surface area contributed by atoms with E-state index in [4.69, 9.17) is 10.00 Å². The summed E-state index contributed by atoms with van der Waals surface area (Å²) in [6.45, 7) is 2.18. The van der Waals surface area contributed by atoms with Crippen LogP contribution in [0.25, 0.3) is 0 Å². The average molecular weight is 252 g/mol. The number of benzene rings is 1. The zero-order chi connectivity index (χ0) is 13.5. The molecule has 0 N–H and O–H groups in total. The molecule has 19 heavy (non-hydrogen) atoms. The van der Waals surface area contributed by atoms with E-state index in [0.29, 0.717) is 11.3 Å². The van der Waals surface area contributed by atoms with Crippen molar-refractivity contribution in [2.75, 3.05) is 0 Å². The van der Waals surface area contributed by atoms with Gasteiger partial charge in [0.15, 0.2) is 5.75 Å². The molecule has 2 rings (SSSR count). The number of hydrogen-bond donors (Lipinski definition) is 0. The number of aryl methyl sites for hydroxylation is 1. The van der Waals surface area contributed by atoms with Crippen molar-refractivity contribution in [3.05, 3.63) is 53.9 Å². The molecule has 3 heteroatoms. The minimum atomic E-state index is 0.491. The standard InChI is InChI=1S/C16H16N2O/c1-2-3-4-13-5-7-15(8-6-13)19-16-12-18-10-9-14(16)11-17/h5-10,12H,2-4H2,1H3. The quantitative estimate of drug-likeness (QED) is 0.805. The SMILES string of the molecule is CCCCc1ccc(Oc2cnccc2C#N)cc1. The number of hydrogen-bond acceptors (Lipinski definition) is 3. The molecule has 2 aromatic rings. The molecule has 0 atom stereocenters. The van der Waals surface area contributed by atoms with E-state index in [-0.39, 0.29) is 0 Å². The van der Waals surface area contributed by atoms with Crippen molar-refractivity contribution in [1.29, 1.82) is 5.26 Å². The van der Waals surface area contributed by atoms with Crippen molar-refractivity contribution in [3.63, 3.8) is 0 Å². The van der Waals surface area contributed by atoms with E-state index in [2.05, 4.69) is 30.1 Å². The van der Waals surface area contributed by atoms with Crippen LogP contribution in [0.2, 0.25) is 0 Å². The second-order valence-corrected chi connectivity index (χ2v) is 4.33. The number of aromatic nitrogens is 1. The Kier molecular flexibility index (Phi) is 4.52. The second kappa shape index (κ2) is 6.55. The normalized spacial score (nSPS) is 9.89. The first-order chi connectivity index (χ1) is 9.33. The molecule has 3 nitrogen and oxygen atoms in total. The summed E-state index contributed by atoms with van der Waals surface area (Å²) >= 11 is 0. The van der Waals surface area contributed by atoms with Gasteiger partial charge in [0.25, 0.3) is 0 Å². The lowest BCUT2D eigenvalue weighted by atomic mass is 10.1. The summed E-state index contributed by atoms with van der Waals surface area (Å²) in [6, 6.07) is 11.7. The highest BCUT2D eigenvalue weighted by molar-refractivity contribution is 5.43. The molecule has 1 aromatic heterocycles. The Morgan fingerprint density at radius 1 is 1.21 bits per heavy atom. The fourth-order valence-corrected chi connectivity index (χ4v) is 1.79. The maximum Gasteiger partial charge on any atom is 0.163 e. The van der Waals surface area contributed by atoms with Crippen molar-refractivity contribution in [1.82, 2.24) is 4.98 Å². The third-order valence-electron chi connectivity index (χ3n) is 2.88. The van der Waals surface area contributed by atoms with Gasteiger partial charge in [0, 0.05) is 6.20 Å². The molecule has 0 unspecified atom stereocenters. The van der Waals surface area contributed by atoms with Gasteiger partial charge in [-0.15, -0.1) is 0 Å². The van der Waals surface area contributed by atoms with Gasteiger partial charge in [-0.3, -0.25) is 4.98 Å². The highest BCUT2D eigenvalue weighted by Crippen LogP contribution is 2.24. The fourth-order valence-electron chi connectivity index (χ4n) is 1.79. The number of nitrogens with zero attached hydrogens (tertiary/aromatic N) is 2. The maximum absolute atomic E-state index is 8.98. The number of nitriles is 1. The van der Waals surface area contributed by atoms with Crippen LogP contribution in [0.15, 0.2) is 42.7 Å². The molecule has 0 radical (unpaired) electrons. The van der Waals surface area contributed by atoms with Crippen molar-refractivity contribution in [2.24, 2.45) is 0 Å². The molecule has 96 valence electrons. The zero-order valence-corrected chi connectivity index (χ0v) is 11.0. The Hall–Kier alpha value is -2.34. The third kappa shape index (κ3) is 3.56. The Bertz CT molecular complexity index is 570. The van der Waals surface area contributed by atoms with E-state index in [1.807, 2.05) is 12.1 Å². The summed E-state index contributed by atoms with van der Waals surface area (Å²) in [5, 5.41) is 8.98. The Morgan fingerprint density at radius 3 is 2.68 bits per heavy atom. The number of unbranched alkanes of at least 4 members (excludes halogenated alkanes) is 1. The molecule has 1 heterocycles. The van der Waals surface area contributed by atoms with Crippen LogP contribution in [0.5, 0.6) is 11.5 Å². The summed E-state index contributed by atoms with van der Waals surface area (Å²) in [4.78, 5) is 3.97. The van der Waals surface area contributed by atoms with Crippen molar-refractivity contribution in [3.8, 4) is 17.6 Å². The lowest BCUT2D eigenvalue weighted by molar-refractivity contribution is 0.478. The fraction of sp³-hybridized carbons (Fsp3) is 0.250. The van der Waals surface area contributed by atoms with Gasteiger partial charge in [-0.25, -0.2) is 0 Å². The molecule has 0 saturated carbocycles. The van der Waals surface area contributed by atoms with Crippen molar-refractivity contribution in [2.45, 2.75) is 26.2 Å². The summed E-state index contributed by atoms with van der Waals surface area (Å²) < 4.78 is 5.67. The first-order valence-electron chi connectivity index (χ1n) is 6.44. The van der Waals surface area contributed by atoms with Gasteiger partial charge in [0.05, 0.1) is 11.8 Å². The number of ether oxygens (including phenoxy) is 1. The summed E-state index contributed by atoms with van der Waals surface area (Å²) in [5.41, 5.74) is 1.80. The largest absolute Gasteiger partial charge is 0.454 e. The van der Waals surface area contributed by atoms with Crippen LogP contribution in [0, 0.1) is 11.3 Å². The van der Waals surface area contributed by atoms with E-state index in [0.717, 1.165) is 12.2 Å². The summed E-state index contributed by atoms with van der Waals surface area (Å²) in [7, 11) is 0. The first kappa shape index (κ1) is 13.1. The molecular formula is C16H16N2O. The second-order valence-electron chi connectivity index (χ2n) is 4.33. The Labute approximate surface area is 113 Å². The molecule has 1 aromatic carbocycles. The van der Waals surface area contributed by atoms with E-state index in [9.17, 15) is 0 Å². The van der Waals surface area contributed by atoms with E-state index >= 15 is 0 Å². The molecule has 0 aliphatic heterocycles. The monoisotopic (exact) mass is 252 g/mol. The maximum atomic E-state index is 8.98. The minimum absolute atomic E-state index is 0.491. The number of pyridine rings is 1. The predicted octanol–water partition coefficient (Wildman–Crippen LogP) is 4.09. The van der Waals surface area contributed by atoms with Crippen LogP contribution >= 0.6 is 0 Å². The van der Waals surface area contributed by atoms with Gasteiger partial charge in [-0.1, -0.05) is 25.5 Å². The topological polar surface area (TPSA) is 45.9 Å². The van der Waals surface area contributed by atoms with Crippen LogP contribution in [0.3, 0.4) is 0 Å². The lowest BCUT2D eigenvalue weighted by Crippen LogP contribution is -1.90. The van der Waals surface area contributed by atoms with Gasteiger partial charge in [-0.05, 0) is 36.6 Å². The minimum Gasteiger partial charge on any atom is -0.454 e. The summed E-state index contributed by atoms with van der Waals surface area (Å²) in [5.74, 6) is 1.22. The zero-order valence-electron chi connectivity index (χ0n) is 11.0. The van der Waals surface area contributed by atoms with Crippen LogP contribution in [-0.2, 0) is 6.42 Å². The Morgan fingerprint density at radius 2 is 2.00 bits per heavy atom. The lowest BCUT2D eigenvalue weighted by Gasteiger charge is -2.07. The van der Waals surface area contributed by atoms with Gasteiger partial charge in [-0.2, -0.15) is 5.26 Å². The van der Waals surface area contributed by atoms with E-state index < -0.39 is 0 Å². The van der Waals surface area contributed by atoms with Crippen LogP contribution < -0.4 is 4.74 Å². The molecule has 0 amide bonds. The summed E-state index contributed by atoms with van der Waals surface area (Å²) in [6.07, 6.45) is 6.62. The molecular weight excluding hydrogens is 236 g/mol. The van der Waals surface area contributed by atoms with Crippen molar-refractivity contribution < 1.29 is 4.74 Å². The molecule has 0 bridgehead atoms. The molecule has 0 saturated heterocycles. The smallest absolute Gasteiger partial charge is 0.163 e. The number of rotatable bonds is 5. The van der Waals surface area contributed by atoms with Crippen molar-refractivity contribution >= 4 is 0 Å². The highest BCUT2D eigenvalue weighted by atomic mass is 16.5. The average Bonchev–Trinajstić information content (AvgIpc) is 2.47. The van der Waals surface area contributed by atoms with Crippen LogP contribution in [-0.4, -0.2) is 4.98 Å². The van der Waals surface area contributed by atoms with Gasteiger partial charge >= 0.3 is 0 Å². The third-order valence-corrected chi connectivity index (χ3v) is 2.88. The van der Waals surface area contributed by atoms with Crippen LogP contribution in [0.1, 0.15) is 30.9 Å². The van der Waals surface area contributed by atoms with Gasteiger partial charge in [0.2, 0.25) is 0 Å². The molecule has 0 aliphatic carbocycles.